The fourth-order valence-corrected chi connectivity index (χ4v) is 1.85. The molecule has 1 unspecified atom stereocenters. The maximum absolute atomic E-state index is 13.9. The molecule has 1 aromatic carbocycles. The highest BCUT2D eigenvalue weighted by molar-refractivity contribution is 7.91. The molecule has 1 rings (SSSR count). The lowest BCUT2D eigenvalue weighted by atomic mass is 10.1. The van der Waals surface area contributed by atoms with E-state index in [4.69, 9.17) is 9.84 Å². The molecule has 0 spiro atoms. The summed E-state index contributed by atoms with van der Waals surface area (Å²) in [5.74, 6) is -1.98. The van der Waals surface area contributed by atoms with Gasteiger partial charge in [-0.25, -0.2) is 9.18 Å². The molecule has 20 heavy (non-hydrogen) atoms. The van der Waals surface area contributed by atoms with Crippen LogP contribution < -0.4 is 4.74 Å². The largest absolute Gasteiger partial charge is 0.591 e. The van der Waals surface area contributed by atoms with Crippen LogP contribution in [0.1, 0.15) is 26.3 Å². The van der Waals surface area contributed by atoms with Crippen LogP contribution in [0.15, 0.2) is 22.6 Å². The second-order valence-electron chi connectivity index (χ2n) is 4.95. The third-order valence-electron chi connectivity index (χ3n) is 2.33. The van der Waals surface area contributed by atoms with Gasteiger partial charge in [-0.1, -0.05) is 4.40 Å². The molecule has 0 aliphatic heterocycles. The van der Waals surface area contributed by atoms with Gasteiger partial charge in [0.15, 0.2) is 0 Å². The van der Waals surface area contributed by atoms with Crippen molar-refractivity contribution in [2.45, 2.75) is 25.5 Å². The number of hydrogen-bond acceptors (Lipinski definition) is 4. The molecule has 5 nitrogen and oxygen atoms in total. The van der Waals surface area contributed by atoms with Crippen molar-refractivity contribution < 1.29 is 23.6 Å². The van der Waals surface area contributed by atoms with Crippen LogP contribution in [-0.2, 0) is 16.2 Å². The number of benzene rings is 1. The van der Waals surface area contributed by atoms with E-state index < -0.39 is 33.6 Å². The standard InChI is InChI=1S/C13H16FNO4S/c1-13(2,3)20(18)15-11(12(16)17)9-6-5-8(19-4)7-10(9)14/h5-7H,1-4H3,(H,16,17)/b15-11-. The van der Waals surface area contributed by atoms with Crippen LogP contribution in [-0.4, -0.2) is 33.2 Å². The Hall–Kier alpha value is -1.60. The zero-order valence-electron chi connectivity index (χ0n) is 11.6. The van der Waals surface area contributed by atoms with Gasteiger partial charge < -0.3 is 14.4 Å². The number of carboxylic acids is 1. The lowest BCUT2D eigenvalue weighted by molar-refractivity contribution is -0.129. The first-order valence-corrected chi connectivity index (χ1v) is 6.85. The number of carbonyl (C=O) groups is 1. The summed E-state index contributed by atoms with van der Waals surface area (Å²) in [6.45, 7) is 4.95. The molecule has 7 heteroatoms. The van der Waals surface area contributed by atoms with E-state index in [9.17, 15) is 13.7 Å². The van der Waals surface area contributed by atoms with E-state index >= 15 is 0 Å². The lowest BCUT2D eigenvalue weighted by Gasteiger charge is -2.18. The monoisotopic (exact) mass is 301 g/mol. The SMILES string of the molecule is COc1ccc(/C(=N/[S+]([O-])C(C)(C)C)C(=O)O)c(F)c1. The van der Waals surface area contributed by atoms with Gasteiger partial charge in [0.2, 0.25) is 5.71 Å². The maximum atomic E-state index is 13.9. The molecule has 1 N–H and O–H groups in total. The van der Waals surface area contributed by atoms with Crippen molar-refractivity contribution in [2.24, 2.45) is 4.40 Å². The number of carboxylic acid groups (broad SMARTS) is 1. The predicted molar refractivity (Wildman–Crippen MR) is 75.0 cm³/mol. The first-order chi connectivity index (χ1) is 9.16. The Bertz CT molecular complexity index is 540. The summed E-state index contributed by atoms with van der Waals surface area (Å²) < 4.78 is 33.5. The van der Waals surface area contributed by atoms with Crippen LogP contribution in [0.5, 0.6) is 5.75 Å². The highest BCUT2D eigenvalue weighted by Gasteiger charge is 2.30. The predicted octanol–water partition coefficient (Wildman–Crippen LogP) is 2.17. The van der Waals surface area contributed by atoms with Gasteiger partial charge >= 0.3 is 5.97 Å². The Morgan fingerprint density at radius 1 is 1.45 bits per heavy atom. The summed E-state index contributed by atoms with van der Waals surface area (Å²) in [6, 6.07) is 3.70. The molecule has 110 valence electrons. The maximum Gasteiger partial charge on any atom is 0.359 e. The first kappa shape index (κ1) is 16.5. The van der Waals surface area contributed by atoms with Gasteiger partial charge in [-0.05, 0) is 32.9 Å². The van der Waals surface area contributed by atoms with Crippen molar-refractivity contribution in [3.05, 3.63) is 29.6 Å². The van der Waals surface area contributed by atoms with Crippen LogP contribution in [0.25, 0.3) is 0 Å². The molecule has 0 saturated carbocycles. The normalized spacial score (nSPS) is 14.0. The van der Waals surface area contributed by atoms with Crippen molar-refractivity contribution in [3.8, 4) is 5.75 Å². The molecule has 0 heterocycles. The minimum absolute atomic E-state index is 0.226. The number of hydrogen-bond donors (Lipinski definition) is 1. The molecule has 1 aromatic rings. The molecule has 0 aliphatic rings. The van der Waals surface area contributed by atoms with Gasteiger partial charge in [-0.2, -0.15) is 0 Å². The Balaban J connectivity index is 3.29. The second kappa shape index (κ2) is 6.23. The minimum atomic E-state index is -1.79. The highest BCUT2D eigenvalue weighted by atomic mass is 32.2. The molecular weight excluding hydrogens is 285 g/mol. The van der Waals surface area contributed by atoms with Crippen molar-refractivity contribution in [1.29, 1.82) is 0 Å². The second-order valence-corrected chi connectivity index (χ2v) is 6.86. The molecule has 0 aliphatic carbocycles. The van der Waals surface area contributed by atoms with Crippen molar-refractivity contribution in [3.63, 3.8) is 0 Å². The molecule has 0 amide bonds. The molecule has 0 saturated heterocycles. The quantitative estimate of drug-likeness (QED) is 0.682. The van der Waals surface area contributed by atoms with Crippen molar-refractivity contribution >= 4 is 23.0 Å². The molecule has 0 aromatic heterocycles. The fraction of sp³-hybridized carbons (Fsp3) is 0.385. The number of halogens is 1. The van der Waals surface area contributed by atoms with Crippen LogP contribution in [0.4, 0.5) is 4.39 Å². The van der Waals surface area contributed by atoms with Crippen LogP contribution in [0, 0.1) is 5.82 Å². The van der Waals surface area contributed by atoms with Gasteiger partial charge in [-0.3, -0.25) is 0 Å². The smallest absolute Gasteiger partial charge is 0.359 e. The van der Waals surface area contributed by atoms with E-state index in [1.165, 1.54) is 19.2 Å². The summed E-state index contributed by atoms with van der Waals surface area (Å²) in [6.07, 6.45) is 0. The summed E-state index contributed by atoms with van der Waals surface area (Å²) in [5, 5.41) is 9.13. The third-order valence-corrected chi connectivity index (χ3v) is 3.73. The van der Waals surface area contributed by atoms with Gasteiger partial charge in [-0.15, -0.1) is 0 Å². The van der Waals surface area contributed by atoms with E-state index in [1.807, 2.05) is 0 Å². The molecule has 0 bridgehead atoms. The highest BCUT2D eigenvalue weighted by Crippen LogP contribution is 2.21. The summed E-state index contributed by atoms with van der Waals surface area (Å²) in [7, 11) is 1.37. The van der Waals surface area contributed by atoms with E-state index in [2.05, 4.69) is 4.40 Å². The summed E-state index contributed by atoms with van der Waals surface area (Å²) in [4.78, 5) is 11.2. The Labute approximate surface area is 119 Å². The van der Waals surface area contributed by atoms with Crippen LogP contribution >= 0.6 is 0 Å². The van der Waals surface area contributed by atoms with Gasteiger partial charge in [0.25, 0.3) is 0 Å². The van der Waals surface area contributed by atoms with Gasteiger partial charge in [0.1, 0.15) is 27.7 Å². The number of methoxy groups -OCH3 is 1. The minimum Gasteiger partial charge on any atom is -0.591 e. The third kappa shape index (κ3) is 3.94. The summed E-state index contributed by atoms with van der Waals surface area (Å²) in [5.41, 5.74) is -0.797. The number of rotatable bonds is 4. The lowest BCUT2D eigenvalue weighted by Crippen LogP contribution is -2.29. The molecule has 1 atom stereocenters. The molecule has 0 fully saturated rings. The van der Waals surface area contributed by atoms with Crippen molar-refractivity contribution in [1.82, 2.24) is 0 Å². The summed E-state index contributed by atoms with van der Waals surface area (Å²) >= 11 is -1.79. The van der Waals surface area contributed by atoms with Crippen LogP contribution in [0.2, 0.25) is 0 Å². The van der Waals surface area contributed by atoms with E-state index in [0.717, 1.165) is 6.07 Å². The Morgan fingerprint density at radius 3 is 2.45 bits per heavy atom. The number of nitrogens with zero attached hydrogens (tertiary/aromatic N) is 1. The number of ether oxygens (including phenoxy) is 1. The van der Waals surface area contributed by atoms with E-state index in [1.54, 1.807) is 20.8 Å². The molecule has 0 radical (unpaired) electrons. The average molecular weight is 301 g/mol. The average Bonchev–Trinajstić information content (AvgIpc) is 2.34. The molecular formula is C13H16FNO4S. The topological polar surface area (TPSA) is 82.0 Å². The zero-order valence-corrected chi connectivity index (χ0v) is 12.5. The zero-order chi connectivity index (χ0) is 15.5. The van der Waals surface area contributed by atoms with E-state index in [0.29, 0.717) is 0 Å². The Kier molecular flexibility index (Phi) is 5.13. The van der Waals surface area contributed by atoms with Gasteiger partial charge in [0.05, 0.1) is 7.11 Å². The Morgan fingerprint density at radius 2 is 2.05 bits per heavy atom. The first-order valence-electron chi connectivity index (χ1n) is 5.74. The number of aliphatic carboxylic acids is 1. The fourth-order valence-electron chi connectivity index (χ4n) is 1.24. The van der Waals surface area contributed by atoms with Crippen molar-refractivity contribution in [2.75, 3.05) is 7.11 Å². The van der Waals surface area contributed by atoms with Crippen LogP contribution in [0.3, 0.4) is 0 Å². The van der Waals surface area contributed by atoms with Gasteiger partial charge in [0, 0.05) is 11.6 Å². The van der Waals surface area contributed by atoms with E-state index in [-0.39, 0.29) is 11.3 Å².